The second-order valence-electron chi connectivity index (χ2n) is 8.25. The molecule has 0 amide bonds. The van der Waals surface area contributed by atoms with Crippen LogP contribution in [0, 0.1) is 16.7 Å². The van der Waals surface area contributed by atoms with Crippen LogP contribution >= 0.6 is 11.6 Å². The van der Waals surface area contributed by atoms with Gasteiger partial charge in [0.25, 0.3) is 0 Å². The van der Waals surface area contributed by atoms with E-state index in [1.807, 2.05) is 43.3 Å². The van der Waals surface area contributed by atoms with E-state index in [1.165, 1.54) is 0 Å². The molecule has 2 heterocycles. The molecule has 4 rings (SSSR count). The lowest BCUT2D eigenvalue weighted by Gasteiger charge is -2.38. The number of hydrogen-bond donors (Lipinski definition) is 1. The van der Waals surface area contributed by atoms with Crippen LogP contribution in [0.25, 0.3) is 11.3 Å². The lowest BCUT2D eigenvalue weighted by Crippen LogP contribution is -2.36. The summed E-state index contributed by atoms with van der Waals surface area (Å²) in [4.78, 5) is 13.0. The molecule has 1 N–H and O–H groups in total. The quantitative estimate of drug-likeness (QED) is 0.708. The van der Waals surface area contributed by atoms with Crippen molar-refractivity contribution in [3.05, 3.63) is 69.7 Å². The molecule has 2 aromatic rings. The van der Waals surface area contributed by atoms with Crippen molar-refractivity contribution in [2.75, 3.05) is 0 Å². The van der Waals surface area contributed by atoms with Crippen LogP contribution in [0.1, 0.15) is 45.3 Å². The van der Waals surface area contributed by atoms with Crippen LogP contribution in [0.4, 0.5) is 0 Å². The molecule has 1 aromatic carbocycles. The predicted octanol–water partition coefficient (Wildman–Crippen LogP) is 5.73. The summed E-state index contributed by atoms with van der Waals surface area (Å²) >= 11 is 5.97. The number of nitrogens with one attached hydrogen (secondary N) is 1. The Bertz CT molecular complexity index is 1060. The van der Waals surface area contributed by atoms with Gasteiger partial charge in [0, 0.05) is 34.0 Å². The molecule has 1 aliphatic carbocycles. The van der Waals surface area contributed by atoms with Crippen LogP contribution in [-0.2, 0) is 4.79 Å². The summed E-state index contributed by atoms with van der Waals surface area (Å²) in [6.45, 7) is 6.07. The molecule has 0 saturated heterocycles. The molecule has 1 aromatic heterocycles. The Morgan fingerprint density at radius 2 is 1.89 bits per heavy atom. The number of benzene rings is 1. The third-order valence-electron chi connectivity index (χ3n) is 5.40. The molecular formula is C23H21ClN2O2. The number of Topliss-reactive ketones (excluding diaryl/α,β-unsaturated/α-hetero) is 1. The zero-order chi connectivity index (χ0) is 20.1. The van der Waals surface area contributed by atoms with E-state index < -0.39 is 5.92 Å². The fraction of sp³-hybridized carbons (Fsp3) is 0.304. The maximum absolute atomic E-state index is 13.0. The average molecular weight is 393 g/mol. The molecule has 1 atom stereocenters. The van der Waals surface area contributed by atoms with E-state index >= 15 is 0 Å². The molecule has 2 aliphatic rings. The van der Waals surface area contributed by atoms with Gasteiger partial charge >= 0.3 is 0 Å². The van der Waals surface area contributed by atoms with Gasteiger partial charge in [-0.25, -0.2) is 0 Å². The SMILES string of the molecule is CC1=C(C#N)[C@@H](c2ccc(-c3ccc(Cl)cc3)o2)C2=C(CC(C)(C)CC2=O)N1. The number of rotatable bonds is 2. The normalized spacial score (nSPS) is 21.2. The number of allylic oxidation sites excluding steroid dienone is 4. The molecule has 1 aliphatic heterocycles. The maximum atomic E-state index is 13.0. The van der Waals surface area contributed by atoms with Gasteiger partial charge in [0.05, 0.1) is 17.6 Å². The van der Waals surface area contributed by atoms with E-state index in [0.717, 1.165) is 23.4 Å². The molecule has 142 valence electrons. The number of hydrogen-bond acceptors (Lipinski definition) is 4. The molecule has 0 fully saturated rings. The number of nitriles is 1. The van der Waals surface area contributed by atoms with Gasteiger partial charge < -0.3 is 9.73 Å². The summed E-state index contributed by atoms with van der Waals surface area (Å²) in [5.41, 5.74) is 3.68. The first kappa shape index (κ1) is 18.6. The number of halogens is 1. The lowest BCUT2D eigenvalue weighted by atomic mass is 9.70. The molecule has 5 heteroatoms. The zero-order valence-electron chi connectivity index (χ0n) is 16.1. The first-order chi connectivity index (χ1) is 13.3. The van der Waals surface area contributed by atoms with E-state index in [0.29, 0.717) is 34.1 Å². The Hall–Kier alpha value is -2.77. The second kappa shape index (κ2) is 6.68. The minimum atomic E-state index is -0.467. The minimum absolute atomic E-state index is 0.0773. The molecule has 0 radical (unpaired) electrons. The number of furan rings is 1. The van der Waals surface area contributed by atoms with Crippen LogP contribution in [0.2, 0.25) is 5.02 Å². The largest absolute Gasteiger partial charge is 0.460 e. The summed E-state index contributed by atoms with van der Waals surface area (Å²) < 4.78 is 6.14. The summed E-state index contributed by atoms with van der Waals surface area (Å²) in [5.74, 6) is 0.910. The molecular weight excluding hydrogens is 372 g/mol. The van der Waals surface area contributed by atoms with Crippen LogP contribution < -0.4 is 5.32 Å². The van der Waals surface area contributed by atoms with Crippen molar-refractivity contribution in [3.8, 4) is 17.4 Å². The van der Waals surface area contributed by atoms with Crippen molar-refractivity contribution in [3.63, 3.8) is 0 Å². The van der Waals surface area contributed by atoms with Crippen molar-refractivity contribution < 1.29 is 9.21 Å². The summed E-state index contributed by atoms with van der Waals surface area (Å²) in [5, 5.41) is 13.8. The average Bonchev–Trinajstić information content (AvgIpc) is 3.09. The third kappa shape index (κ3) is 3.16. The zero-order valence-corrected chi connectivity index (χ0v) is 16.9. The second-order valence-corrected chi connectivity index (χ2v) is 8.69. The smallest absolute Gasteiger partial charge is 0.162 e. The molecule has 0 spiro atoms. The van der Waals surface area contributed by atoms with Gasteiger partial charge in [-0.2, -0.15) is 5.26 Å². The third-order valence-corrected chi connectivity index (χ3v) is 5.65. The Morgan fingerprint density at radius 3 is 2.57 bits per heavy atom. The Morgan fingerprint density at radius 1 is 1.18 bits per heavy atom. The van der Waals surface area contributed by atoms with Gasteiger partial charge in [-0.15, -0.1) is 0 Å². The van der Waals surface area contributed by atoms with Crippen LogP contribution in [0.3, 0.4) is 0 Å². The van der Waals surface area contributed by atoms with E-state index in [-0.39, 0.29) is 11.2 Å². The van der Waals surface area contributed by atoms with Gasteiger partial charge in [0.1, 0.15) is 11.5 Å². The number of carbonyl (C=O) groups excluding carboxylic acids is 1. The van der Waals surface area contributed by atoms with Gasteiger partial charge in [-0.05, 0) is 55.2 Å². The van der Waals surface area contributed by atoms with Crippen LogP contribution in [0.15, 0.2) is 63.4 Å². The molecule has 28 heavy (non-hydrogen) atoms. The predicted molar refractivity (Wildman–Crippen MR) is 108 cm³/mol. The van der Waals surface area contributed by atoms with Crippen molar-refractivity contribution in [1.82, 2.24) is 5.32 Å². The topological polar surface area (TPSA) is 66.0 Å². The highest BCUT2D eigenvalue weighted by atomic mass is 35.5. The summed E-state index contributed by atoms with van der Waals surface area (Å²) in [6.07, 6.45) is 1.23. The number of carbonyl (C=O) groups is 1. The lowest BCUT2D eigenvalue weighted by molar-refractivity contribution is -0.118. The fourth-order valence-corrected chi connectivity index (χ4v) is 4.27. The van der Waals surface area contributed by atoms with Crippen LogP contribution in [-0.4, -0.2) is 5.78 Å². The number of ketones is 1. The van der Waals surface area contributed by atoms with E-state index in [4.69, 9.17) is 16.0 Å². The fourth-order valence-electron chi connectivity index (χ4n) is 4.15. The van der Waals surface area contributed by atoms with E-state index in [2.05, 4.69) is 25.2 Å². The Kier molecular flexibility index (Phi) is 4.44. The Labute approximate surface area is 169 Å². The first-order valence-electron chi connectivity index (χ1n) is 9.29. The molecule has 0 bridgehead atoms. The van der Waals surface area contributed by atoms with Crippen molar-refractivity contribution in [1.29, 1.82) is 5.26 Å². The van der Waals surface area contributed by atoms with Gasteiger partial charge in [0.2, 0.25) is 0 Å². The van der Waals surface area contributed by atoms with Gasteiger partial charge in [-0.3, -0.25) is 4.79 Å². The van der Waals surface area contributed by atoms with E-state index in [1.54, 1.807) is 0 Å². The summed E-state index contributed by atoms with van der Waals surface area (Å²) in [6, 6.07) is 13.4. The summed E-state index contributed by atoms with van der Waals surface area (Å²) in [7, 11) is 0. The molecule has 4 nitrogen and oxygen atoms in total. The number of nitrogens with zero attached hydrogens (tertiary/aromatic N) is 1. The highest BCUT2D eigenvalue weighted by molar-refractivity contribution is 6.30. The molecule has 0 unspecified atom stereocenters. The van der Waals surface area contributed by atoms with Crippen molar-refractivity contribution in [2.24, 2.45) is 5.41 Å². The van der Waals surface area contributed by atoms with Gasteiger partial charge in [-0.1, -0.05) is 25.4 Å². The maximum Gasteiger partial charge on any atom is 0.162 e. The van der Waals surface area contributed by atoms with Crippen LogP contribution in [0.5, 0.6) is 0 Å². The molecule has 0 saturated carbocycles. The van der Waals surface area contributed by atoms with Gasteiger partial charge in [0.15, 0.2) is 5.78 Å². The van der Waals surface area contributed by atoms with Crippen molar-refractivity contribution >= 4 is 17.4 Å². The van der Waals surface area contributed by atoms with Crippen molar-refractivity contribution in [2.45, 2.75) is 39.5 Å². The van der Waals surface area contributed by atoms with E-state index in [9.17, 15) is 10.1 Å². The number of dihydropyridines is 1. The minimum Gasteiger partial charge on any atom is -0.460 e. The first-order valence-corrected chi connectivity index (χ1v) is 9.67. The standard InChI is InChI=1S/C23H21ClN2O2/c1-13-16(12-25)21(22-17(26-13)10-23(2,3)11-18(22)27)20-9-8-19(28-20)14-4-6-15(24)7-5-14/h4-9,21,26H,10-11H2,1-3H3/t21-/m0/s1. The highest BCUT2D eigenvalue weighted by Crippen LogP contribution is 2.47. The monoisotopic (exact) mass is 392 g/mol. The highest BCUT2D eigenvalue weighted by Gasteiger charge is 2.42. The Balaban J connectivity index is 1.81.